The van der Waals surface area contributed by atoms with Gasteiger partial charge in [0.15, 0.2) is 6.61 Å². The van der Waals surface area contributed by atoms with Gasteiger partial charge in [0, 0.05) is 76.3 Å². The second-order valence-electron chi connectivity index (χ2n) is 12.7. The van der Waals surface area contributed by atoms with E-state index in [4.69, 9.17) is 14.2 Å². The molecule has 3 N–H and O–H groups in total. The quantitative estimate of drug-likeness (QED) is 0.231. The number of rotatable bonds is 5. The summed E-state index contributed by atoms with van der Waals surface area (Å²) in [7, 11) is 3.53. The van der Waals surface area contributed by atoms with Gasteiger partial charge in [-0.1, -0.05) is 12.1 Å². The van der Waals surface area contributed by atoms with Crippen LogP contribution in [0.1, 0.15) is 32.7 Å². The summed E-state index contributed by atoms with van der Waals surface area (Å²) in [6, 6.07) is 17.8. The number of amides is 3. The Morgan fingerprint density at radius 3 is 2.77 bits per heavy atom. The van der Waals surface area contributed by atoms with Crippen LogP contribution in [0.5, 0.6) is 11.5 Å². The zero-order valence-electron chi connectivity index (χ0n) is 28.7. The van der Waals surface area contributed by atoms with Crippen molar-refractivity contribution in [1.82, 2.24) is 30.1 Å². The van der Waals surface area contributed by atoms with Crippen molar-refractivity contribution in [2.45, 2.75) is 25.1 Å². The number of aryl methyl sites for hydroxylation is 1. The van der Waals surface area contributed by atoms with Crippen molar-refractivity contribution < 1.29 is 33.0 Å². The van der Waals surface area contributed by atoms with Crippen molar-refractivity contribution in [2.75, 3.05) is 45.3 Å². The van der Waals surface area contributed by atoms with E-state index < -0.39 is 23.9 Å². The summed E-state index contributed by atoms with van der Waals surface area (Å²) < 4.78 is 33.9. The molecule has 13 nitrogen and oxygen atoms in total. The molecule has 2 aromatic heterocycles. The fourth-order valence-corrected chi connectivity index (χ4v) is 6.44. The van der Waals surface area contributed by atoms with Crippen LogP contribution in [0.2, 0.25) is 0 Å². The molecule has 14 heteroatoms. The largest absolute Gasteiger partial charge is 0.488 e. The Kier molecular flexibility index (Phi) is 9.98. The third-order valence-electron chi connectivity index (χ3n) is 9.12. The van der Waals surface area contributed by atoms with Crippen LogP contribution in [0.4, 0.5) is 10.3 Å². The molecule has 0 aliphatic carbocycles. The van der Waals surface area contributed by atoms with Gasteiger partial charge in [-0.15, -0.1) is 0 Å². The van der Waals surface area contributed by atoms with Gasteiger partial charge in [-0.05, 0) is 59.7 Å². The van der Waals surface area contributed by atoms with E-state index in [0.717, 1.165) is 11.1 Å². The molecule has 2 atom stereocenters. The van der Waals surface area contributed by atoms with E-state index >= 15 is 0 Å². The fourth-order valence-electron chi connectivity index (χ4n) is 6.44. The van der Waals surface area contributed by atoms with E-state index in [-0.39, 0.29) is 37.3 Å². The third kappa shape index (κ3) is 7.66. The number of carbonyl (C=O) groups is 3. The zero-order chi connectivity index (χ0) is 36.2. The van der Waals surface area contributed by atoms with Gasteiger partial charge in [-0.3, -0.25) is 19.4 Å². The number of halogens is 1. The van der Waals surface area contributed by atoms with E-state index in [0.29, 0.717) is 65.6 Å². The van der Waals surface area contributed by atoms with Crippen LogP contribution in [0, 0.1) is 5.82 Å². The summed E-state index contributed by atoms with van der Waals surface area (Å²) in [5.74, 6) is -0.209. The zero-order valence-corrected chi connectivity index (χ0v) is 28.7. The molecule has 6 bridgehead atoms. The van der Waals surface area contributed by atoms with Crippen LogP contribution in [-0.4, -0.2) is 89.3 Å². The Bertz CT molecular complexity index is 2140. The van der Waals surface area contributed by atoms with Crippen LogP contribution in [0.3, 0.4) is 0 Å². The van der Waals surface area contributed by atoms with Gasteiger partial charge in [0.25, 0.3) is 17.7 Å². The predicted molar refractivity (Wildman–Crippen MR) is 191 cm³/mol. The van der Waals surface area contributed by atoms with Gasteiger partial charge >= 0.3 is 0 Å². The molecular formula is C38H38FN7O6. The van der Waals surface area contributed by atoms with Gasteiger partial charge in [0.1, 0.15) is 23.4 Å². The number of imidazole rings is 1. The van der Waals surface area contributed by atoms with Crippen molar-refractivity contribution in [2.24, 2.45) is 7.05 Å². The molecule has 2 aliphatic rings. The first-order chi connectivity index (χ1) is 25.2. The summed E-state index contributed by atoms with van der Waals surface area (Å²) in [5.41, 5.74) is 4.17. The maximum absolute atomic E-state index is 14.8. The molecule has 0 radical (unpaired) electrons. The molecular weight excluding hydrogens is 669 g/mol. The summed E-state index contributed by atoms with van der Waals surface area (Å²) in [6.07, 6.45) is 2.84. The van der Waals surface area contributed by atoms with E-state index in [2.05, 4.69) is 25.9 Å². The Morgan fingerprint density at radius 1 is 1.04 bits per heavy atom. The molecule has 1 fully saturated rings. The first-order valence-corrected chi connectivity index (χ1v) is 16.9. The standard InChI is InChI=1S/C38H38FN7O6/c1-45-33-7-6-25(16-31(33)44-38(45)41-9-11-50-2)37(49)46-10-8-34-32(21-46)43-36(48)27-14-26(19-40-20-27)24-4-3-5-29(15-24)51-22-35(47)42-18-23-12-28(39)17-30(13-23)52-34/h3-7,12-17,19-20,32,34H,8-11,18,21-22H2,1-2H3,(H,41,44)(H,42,47)(H,43,48)/t32-,34+/m1/s1. The lowest BCUT2D eigenvalue weighted by atomic mass is 9.99. The molecule has 0 unspecified atom stereocenters. The lowest BCUT2D eigenvalue weighted by Crippen LogP contribution is -2.58. The number of hydrogen-bond donors (Lipinski definition) is 3. The van der Waals surface area contributed by atoms with Crippen LogP contribution in [0.15, 0.2) is 79.1 Å². The fraction of sp³-hybridized carbons (Fsp3) is 0.289. The van der Waals surface area contributed by atoms with Crippen LogP contribution < -0.4 is 25.4 Å². The van der Waals surface area contributed by atoms with Crippen molar-refractivity contribution in [3.05, 3.63) is 102 Å². The van der Waals surface area contributed by atoms with E-state index in [1.807, 2.05) is 23.7 Å². The first kappa shape index (κ1) is 34.4. The van der Waals surface area contributed by atoms with Crippen LogP contribution in [0.25, 0.3) is 22.2 Å². The SMILES string of the molecule is COCCNc1nc2cc(C(=O)N3CC[C@@H]4Oc5cc(F)cc(c5)CNC(=O)COc5cccc(c5)-c5cncc(c5)C(=O)N[C@@H]4C3)ccc2n1C. The van der Waals surface area contributed by atoms with E-state index in [1.54, 1.807) is 60.7 Å². The molecule has 3 amide bonds. The maximum atomic E-state index is 14.8. The molecule has 52 heavy (non-hydrogen) atoms. The maximum Gasteiger partial charge on any atom is 0.258 e. The number of fused-ring (bicyclic) bond motifs is 9. The number of likely N-dealkylation sites (tertiary alicyclic amines) is 1. The number of aromatic nitrogens is 3. The first-order valence-electron chi connectivity index (χ1n) is 16.9. The lowest BCUT2D eigenvalue weighted by molar-refractivity contribution is -0.123. The second-order valence-corrected chi connectivity index (χ2v) is 12.7. The van der Waals surface area contributed by atoms with Crippen molar-refractivity contribution >= 4 is 34.7 Å². The van der Waals surface area contributed by atoms with Crippen LogP contribution in [-0.2, 0) is 23.1 Å². The molecule has 2 aliphatic heterocycles. The topological polar surface area (TPSA) is 149 Å². The van der Waals surface area contributed by atoms with Gasteiger partial charge in [0.05, 0.1) is 29.2 Å². The summed E-state index contributed by atoms with van der Waals surface area (Å²) in [4.78, 5) is 51.1. The molecule has 0 spiro atoms. The highest BCUT2D eigenvalue weighted by Gasteiger charge is 2.35. The van der Waals surface area contributed by atoms with Crippen molar-refractivity contribution in [1.29, 1.82) is 0 Å². The van der Waals surface area contributed by atoms with Gasteiger partial charge in [0.2, 0.25) is 5.95 Å². The minimum absolute atomic E-state index is 0.0479. The second kappa shape index (κ2) is 15.1. The highest BCUT2D eigenvalue weighted by Crippen LogP contribution is 2.27. The Labute approximate surface area is 299 Å². The highest BCUT2D eigenvalue weighted by molar-refractivity contribution is 5.98. The number of pyridine rings is 1. The summed E-state index contributed by atoms with van der Waals surface area (Å²) >= 11 is 0. The molecule has 7 rings (SSSR count). The van der Waals surface area contributed by atoms with Gasteiger partial charge < -0.3 is 39.6 Å². The normalized spacial score (nSPS) is 17.7. The number of benzene rings is 3. The number of hydrogen-bond acceptors (Lipinski definition) is 9. The van der Waals surface area contributed by atoms with E-state index in [9.17, 15) is 18.8 Å². The van der Waals surface area contributed by atoms with Crippen LogP contribution >= 0.6 is 0 Å². The number of methoxy groups -OCH3 is 1. The van der Waals surface area contributed by atoms with Crippen molar-refractivity contribution in [3.8, 4) is 22.6 Å². The lowest BCUT2D eigenvalue weighted by Gasteiger charge is -2.39. The van der Waals surface area contributed by atoms with Gasteiger partial charge in [-0.2, -0.15) is 0 Å². The van der Waals surface area contributed by atoms with E-state index in [1.165, 1.54) is 18.3 Å². The number of piperidine rings is 1. The number of nitrogens with one attached hydrogen (secondary N) is 3. The minimum atomic E-state index is -0.672. The molecule has 268 valence electrons. The predicted octanol–water partition coefficient (Wildman–Crippen LogP) is 3.93. The average molecular weight is 708 g/mol. The molecule has 4 heterocycles. The Morgan fingerprint density at radius 2 is 1.90 bits per heavy atom. The third-order valence-corrected chi connectivity index (χ3v) is 9.12. The minimum Gasteiger partial charge on any atom is -0.488 e. The smallest absolute Gasteiger partial charge is 0.258 e. The number of anilines is 1. The van der Waals surface area contributed by atoms with Gasteiger partial charge in [-0.25, -0.2) is 9.37 Å². The monoisotopic (exact) mass is 707 g/mol. The number of nitrogens with zero attached hydrogens (tertiary/aromatic N) is 4. The van der Waals surface area contributed by atoms with Crippen molar-refractivity contribution in [3.63, 3.8) is 0 Å². The molecule has 5 aromatic rings. The number of carbonyl (C=O) groups excluding carboxylic acids is 3. The summed E-state index contributed by atoms with van der Waals surface area (Å²) in [5, 5.41) is 9.07. The average Bonchev–Trinajstić information content (AvgIpc) is 3.47. The molecule has 3 aromatic carbocycles. The molecule has 0 saturated carbocycles. The number of ether oxygens (including phenoxy) is 3. The molecule has 1 saturated heterocycles. The highest BCUT2D eigenvalue weighted by atomic mass is 19.1. The summed E-state index contributed by atoms with van der Waals surface area (Å²) in [6.45, 7) is 1.36. The Balaban J connectivity index is 1.18. The Hall–Kier alpha value is -6.02.